The molecule has 0 fully saturated rings. The standard InChI is InChI=1S/C15H14F4N2O2/c16-14(8-11(20)12(21-9-14)15(17,18)19)6-7-23-13(22)10-4-2-1-3-5-10/h1-5,8H,6-7,9,20H2. The van der Waals surface area contributed by atoms with Crippen molar-refractivity contribution in [2.75, 3.05) is 13.2 Å². The number of rotatable bonds is 4. The Morgan fingerprint density at radius 1 is 1.30 bits per heavy atom. The second-order valence-corrected chi connectivity index (χ2v) is 5.05. The van der Waals surface area contributed by atoms with Crippen molar-refractivity contribution in [3.8, 4) is 0 Å². The quantitative estimate of drug-likeness (QED) is 0.682. The minimum Gasteiger partial charge on any atom is -0.462 e. The fourth-order valence-electron chi connectivity index (χ4n) is 2.07. The van der Waals surface area contributed by atoms with Gasteiger partial charge in [0.2, 0.25) is 0 Å². The van der Waals surface area contributed by atoms with E-state index in [1.165, 1.54) is 12.1 Å². The van der Waals surface area contributed by atoms with Crippen molar-refractivity contribution in [1.82, 2.24) is 0 Å². The summed E-state index contributed by atoms with van der Waals surface area (Å²) in [6, 6.07) is 8.08. The Bertz CT molecular complexity index is 641. The van der Waals surface area contributed by atoms with Crippen LogP contribution in [-0.2, 0) is 4.74 Å². The van der Waals surface area contributed by atoms with Gasteiger partial charge in [0.25, 0.3) is 0 Å². The van der Waals surface area contributed by atoms with Gasteiger partial charge < -0.3 is 10.5 Å². The Kier molecular flexibility index (Phi) is 4.72. The van der Waals surface area contributed by atoms with Gasteiger partial charge in [0.05, 0.1) is 24.4 Å². The van der Waals surface area contributed by atoms with Crippen molar-refractivity contribution in [3.05, 3.63) is 47.7 Å². The molecule has 1 aromatic rings. The number of dihydropyridines is 1. The molecule has 1 heterocycles. The number of aliphatic imine (C=N–C) groups is 1. The van der Waals surface area contributed by atoms with Gasteiger partial charge in [-0.15, -0.1) is 0 Å². The van der Waals surface area contributed by atoms with Crippen LogP contribution in [0.25, 0.3) is 0 Å². The summed E-state index contributed by atoms with van der Waals surface area (Å²) in [6.45, 7) is -1.02. The number of esters is 1. The largest absolute Gasteiger partial charge is 0.462 e. The number of halogens is 4. The summed E-state index contributed by atoms with van der Waals surface area (Å²) < 4.78 is 57.0. The van der Waals surface area contributed by atoms with E-state index >= 15 is 0 Å². The van der Waals surface area contributed by atoms with Crippen molar-refractivity contribution in [2.24, 2.45) is 10.7 Å². The molecule has 0 saturated heterocycles. The highest BCUT2D eigenvalue weighted by molar-refractivity contribution is 6.04. The zero-order valence-electron chi connectivity index (χ0n) is 11.9. The second kappa shape index (κ2) is 6.39. The van der Waals surface area contributed by atoms with Gasteiger partial charge >= 0.3 is 12.1 Å². The van der Waals surface area contributed by atoms with Crippen molar-refractivity contribution in [2.45, 2.75) is 18.3 Å². The molecule has 1 aromatic carbocycles. The predicted octanol–water partition coefficient (Wildman–Crippen LogP) is 2.80. The van der Waals surface area contributed by atoms with Crippen LogP contribution in [0.2, 0.25) is 0 Å². The number of carbonyl (C=O) groups is 1. The maximum atomic E-state index is 14.4. The highest BCUT2D eigenvalue weighted by Crippen LogP contribution is 2.29. The molecule has 0 radical (unpaired) electrons. The Morgan fingerprint density at radius 2 is 1.96 bits per heavy atom. The summed E-state index contributed by atoms with van der Waals surface area (Å²) in [4.78, 5) is 14.9. The highest BCUT2D eigenvalue weighted by atomic mass is 19.4. The SMILES string of the molecule is NC1=CC(F)(CCOC(=O)c2ccccc2)CN=C1C(F)(F)F. The first-order valence-corrected chi connectivity index (χ1v) is 6.73. The number of nitrogens with two attached hydrogens (primary N) is 1. The minimum absolute atomic E-state index is 0.301. The van der Waals surface area contributed by atoms with Crippen LogP contribution in [0, 0.1) is 0 Å². The number of ether oxygens (including phenoxy) is 1. The molecule has 1 aliphatic heterocycles. The monoisotopic (exact) mass is 330 g/mol. The number of nitrogens with zero attached hydrogens (tertiary/aromatic N) is 1. The summed E-state index contributed by atoms with van der Waals surface area (Å²) >= 11 is 0. The third-order valence-electron chi connectivity index (χ3n) is 3.22. The second-order valence-electron chi connectivity index (χ2n) is 5.05. The summed E-state index contributed by atoms with van der Waals surface area (Å²) in [7, 11) is 0. The summed E-state index contributed by atoms with van der Waals surface area (Å²) in [6.07, 6.45) is -4.37. The molecular weight excluding hydrogens is 316 g/mol. The molecule has 23 heavy (non-hydrogen) atoms. The lowest BCUT2D eigenvalue weighted by Crippen LogP contribution is -2.39. The van der Waals surface area contributed by atoms with Gasteiger partial charge in [-0.05, 0) is 18.2 Å². The van der Waals surface area contributed by atoms with E-state index in [1.807, 2.05) is 0 Å². The molecule has 8 heteroatoms. The average Bonchev–Trinajstić information content (AvgIpc) is 2.46. The predicted molar refractivity (Wildman–Crippen MR) is 75.8 cm³/mol. The summed E-state index contributed by atoms with van der Waals surface area (Å²) in [5.74, 6) is -0.638. The van der Waals surface area contributed by atoms with E-state index in [0.29, 0.717) is 11.6 Å². The molecule has 1 atom stereocenters. The first-order valence-electron chi connectivity index (χ1n) is 6.73. The number of carbonyl (C=O) groups excluding carboxylic acids is 1. The van der Waals surface area contributed by atoms with E-state index in [0.717, 1.165) is 0 Å². The van der Waals surface area contributed by atoms with Crippen LogP contribution < -0.4 is 5.73 Å². The van der Waals surface area contributed by atoms with E-state index < -0.39 is 35.8 Å². The lowest BCUT2D eigenvalue weighted by atomic mass is 9.97. The molecule has 1 aliphatic rings. The van der Waals surface area contributed by atoms with E-state index in [2.05, 4.69) is 4.99 Å². The molecule has 4 nitrogen and oxygen atoms in total. The Morgan fingerprint density at radius 3 is 2.52 bits per heavy atom. The van der Waals surface area contributed by atoms with Gasteiger partial charge in [-0.25, -0.2) is 9.18 Å². The normalized spacial score (nSPS) is 21.4. The third-order valence-corrected chi connectivity index (χ3v) is 3.22. The lowest BCUT2D eigenvalue weighted by molar-refractivity contribution is -0.0589. The molecular formula is C15H14F4N2O2. The number of allylic oxidation sites excluding steroid dienone is 1. The van der Waals surface area contributed by atoms with Crippen LogP contribution in [0.1, 0.15) is 16.8 Å². The molecule has 2 N–H and O–H groups in total. The lowest BCUT2D eigenvalue weighted by Gasteiger charge is -2.25. The van der Waals surface area contributed by atoms with Crippen molar-refractivity contribution in [1.29, 1.82) is 0 Å². The van der Waals surface area contributed by atoms with Gasteiger partial charge in [0.1, 0.15) is 0 Å². The van der Waals surface area contributed by atoms with Crippen molar-refractivity contribution >= 4 is 11.7 Å². The molecule has 2 rings (SSSR count). The number of alkyl halides is 4. The number of hydrogen-bond acceptors (Lipinski definition) is 4. The Balaban J connectivity index is 1.92. The summed E-state index contributed by atoms with van der Waals surface area (Å²) in [5.41, 5.74) is 1.31. The van der Waals surface area contributed by atoms with Crippen LogP contribution in [0.4, 0.5) is 17.6 Å². The third kappa shape index (κ3) is 4.30. The maximum absolute atomic E-state index is 14.4. The van der Waals surface area contributed by atoms with Gasteiger partial charge in [-0.3, -0.25) is 4.99 Å². The maximum Gasteiger partial charge on any atom is 0.434 e. The van der Waals surface area contributed by atoms with E-state index in [9.17, 15) is 22.4 Å². The zero-order chi connectivity index (χ0) is 17.1. The van der Waals surface area contributed by atoms with Crippen LogP contribution in [-0.4, -0.2) is 36.7 Å². The molecule has 1 unspecified atom stereocenters. The molecule has 0 bridgehead atoms. The van der Waals surface area contributed by atoms with Gasteiger partial charge in [0.15, 0.2) is 11.4 Å². The van der Waals surface area contributed by atoms with E-state index in [4.69, 9.17) is 10.5 Å². The van der Waals surface area contributed by atoms with E-state index in [1.54, 1.807) is 18.2 Å². The molecule has 0 saturated carbocycles. The molecule has 124 valence electrons. The first kappa shape index (κ1) is 17.0. The number of benzene rings is 1. The van der Waals surface area contributed by atoms with Gasteiger partial charge in [-0.1, -0.05) is 18.2 Å². The van der Waals surface area contributed by atoms with Crippen molar-refractivity contribution < 1.29 is 27.1 Å². The van der Waals surface area contributed by atoms with Gasteiger partial charge in [0, 0.05) is 6.42 Å². The van der Waals surface area contributed by atoms with Crippen LogP contribution >= 0.6 is 0 Å². The molecule has 0 amide bonds. The van der Waals surface area contributed by atoms with E-state index in [-0.39, 0.29) is 13.0 Å². The topological polar surface area (TPSA) is 64.7 Å². The van der Waals surface area contributed by atoms with Gasteiger partial charge in [-0.2, -0.15) is 13.2 Å². The fourth-order valence-corrected chi connectivity index (χ4v) is 2.07. The molecule has 0 aromatic heterocycles. The minimum atomic E-state index is -4.72. The van der Waals surface area contributed by atoms with Crippen LogP contribution in [0.5, 0.6) is 0 Å². The molecule has 0 aliphatic carbocycles. The van der Waals surface area contributed by atoms with Crippen molar-refractivity contribution in [3.63, 3.8) is 0 Å². The van der Waals surface area contributed by atoms with Crippen LogP contribution in [0.15, 0.2) is 47.1 Å². The summed E-state index contributed by atoms with van der Waals surface area (Å²) in [5, 5.41) is 0. The average molecular weight is 330 g/mol. The number of hydrogen-bond donors (Lipinski definition) is 1. The molecule has 0 spiro atoms. The Labute approximate surface area is 129 Å². The zero-order valence-corrected chi connectivity index (χ0v) is 11.9. The smallest absolute Gasteiger partial charge is 0.434 e. The first-order chi connectivity index (χ1) is 10.7. The van der Waals surface area contributed by atoms with Crippen LogP contribution in [0.3, 0.4) is 0 Å². The Hall–Kier alpha value is -2.38. The fraction of sp³-hybridized carbons (Fsp3) is 0.333. The highest BCUT2D eigenvalue weighted by Gasteiger charge is 2.42.